The third-order valence-electron chi connectivity index (χ3n) is 2.56. The minimum absolute atomic E-state index is 0.1000. The number of ether oxygens (including phenoxy) is 1. The minimum Gasteiger partial charge on any atom is -0.443 e. The first-order valence-electron chi connectivity index (χ1n) is 6.45. The van der Waals surface area contributed by atoms with Crippen molar-refractivity contribution in [2.75, 3.05) is 0 Å². The Kier molecular flexibility index (Phi) is 3.91. The number of hydrogen-bond acceptors (Lipinski definition) is 6. The summed E-state index contributed by atoms with van der Waals surface area (Å²) >= 11 is 0. The molecule has 0 saturated heterocycles. The molecular formula is C15H13N5O2. The van der Waals surface area contributed by atoms with Gasteiger partial charge in [0.05, 0.1) is 0 Å². The number of carbonyl (C=O) groups excluding carboxylic acids is 1. The Bertz CT molecular complexity index is 788. The number of rotatable bonds is 1. The molecule has 2 heterocycles. The second kappa shape index (κ2) is 5.66. The van der Waals surface area contributed by atoms with E-state index in [1.165, 1.54) is 6.20 Å². The first-order valence-corrected chi connectivity index (χ1v) is 6.45. The molecule has 0 fully saturated rings. The molecule has 0 bridgehead atoms. The lowest BCUT2D eigenvalue weighted by Crippen LogP contribution is -2.28. The Morgan fingerprint density at radius 1 is 1.27 bits per heavy atom. The largest absolute Gasteiger partial charge is 0.443 e. The Morgan fingerprint density at radius 2 is 2.00 bits per heavy atom. The van der Waals surface area contributed by atoms with Crippen molar-refractivity contribution in [2.24, 2.45) is 0 Å². The maximum Gasteiger partial charge on any atom is 0.421 e. The smallest absolute Gasteiger partial charge is 0.421 e. The van der Waals surface area contributed by atoms with E-state index in [1.54, 1.807) is 45.0 Å². The van der Waals surface area contributed by atoms with Gasteiger partial charge in [-0.05, 0) is 32.9 Å². The van der Waals surface area contributed by atoms with Crippen LogP contribution in [0.3, 0.4) is 0 Å². The molecule has 0 aliphatic carbocycles. The molecule has 2 rings (SSSR count). The van der Waals surface area contributed by atoms with E-state index in [4.69, 9.17) is 10.00 Å². The van der Waals surface area contributed by atoms with Gasteiger partial charge in [-0.1, -0.05) is 6.07 Å². The highest BCUT2D eigenvalue weighted by Crippen LogP contribution is 2.22. The van der Waals surface area contributed by atoms with Crippen LogP contribution in [0, 0.1) is 22.7 Å². The molecule has 0 aliphatic rings. The zero-order valence-corrected chi connectivity index (χ0v) is 12.4. The van der Waals surface area contributed by atoms with Gasteiger partial charge in [0, 0.05) is 6.20 Å². The van der Waals surface area contributed by atoms with Crippen LogP contribution in [0.15, 0.2) is 24.4 Å². The number of aromatic nitrogens is 3. The van der Waals surface area contributed by atoms with Gasteiger partial charge in [-0.25, -0.2) is 14.3 Å². The summed E-state index contributed by atoms with van der Waals surface area (Å²) in [5.41, 5.74) is -0.694. The maximum absolute atomic E-state index is 12.4. The van der Waals surface area contributed by atoms with E-state index in [9.17, 15) is 10.1 Å². The fourth-order valence-electron chi connectivity index (χ4n) is 1.75. The van der Waals surface area contributed by atoms with Crippen LogP contribution in [0.25, 0.3) is 11.5 Å². The molecule has 2 aromatic heterocycles. The molecule has 0 aliphatic heterocycles. The summed E-state index contributed by atoms with van der Waals surface area (Å²) in [5.74, 6) is 0.1000. The van der Waals surface area contributed by atoms with Crippen molar-refractivity contribution in [3.8, 4) is 23.7 Å². The van der Waals surface area contributed by atoms with Crippen LogP contribution in [0.1, 0.15) is 32.2 Å². The number of carbonyl (C=O) groups is 1. The van der Waals surface area contributed by atoms with Crippen LogP contribution in [0.5, 0.6) is 0 Å². The molecule has 7 heteroatoms. The first-order chi connectivity index (χ1) is 10.4. The fraction of sp³-hybridized carbons (Fsp3) is 0.267. The lowest BCUT2D eigenvalue weighted by Gasteiger charge is -2.20. The third-order valence-corrected chi connectivity index (χ3v) is 2.56. The van der Waals surface area contributed by atoms with Crippen molar-refractivity contribution >= 4 is 6.09 Å². The zero-order chi connectivity index (χ0) is 16.3. The highest BCUT2D eigenvalue weighted by molar-refractivity contribution is 5.79. The van der Waals surface area contributed by atoms with Gasteiger partial charge in [0.1, 0.15) is 23.4 Å². The van der Waals surface area contributed by atoms with Gasteiger partial charge in [0.25, 0.3) is 0 Å². The van der Waals surface area contributed by atoms with Crippen molar-refractivity contribution in [3.63, 3.8) is 0 Å². The van der Waals surface area contributed by atoms with Crippen LogP contribution < -0.4 is 0 Å². The number of nitriles is 2. The SMILES string of the molecule is CC(C)(C)OC(=O)n1c(-c2ccccn2)nc(C#N)c1C#N. The molecule has 110 valence electrons. The molecule has 0 saturated carbocycles. The predicted octanol–water partition coefficient (Wildman–Crippen LogP) is 2.47. The lowest BCUT2D eigenvalue weighted by atomic mass is 10.2. The van der Waals surface area contributed by atoms with Gasteiger partial charge < -0.3 is 4.74 Å². The lowest BCUT2D eigenvalue weighted by molar-refractivity contribution is 0.0538. The molecule has 2 aromatic rings. The van der Waals surface area contributed by atoms with Gasteiger partial charge in [0.2, 0.25) is 0 Å². The van der Waals surface area contributed by atoms with Crippen LogP contribution in [0.4, 0.5) is 4.79 Å². The molecule has 0 aromatic carbocycles. The highest BCUT2D eigenvalue weighted by Gasteiger charge is 2.27. The fourth-order valence-corrected chi connectivity index (χ4v) is 1.75. The summed E-state index contributed by atoms with van der Waals surface area (Å²) < 4.78 is 6.26. The van der Waals surface area contributed by atoms with Crippen molar-refractivity contribution in [3.05, 3.63) is 35.8 Å². The summed E-state index contributed by atoms with van der Waals surface area (Å²) in [4.78, 5) is 20.5. The Hall–Kier alpha value is -3.19. The molecule has 0 spiro atoms. The monoisotopic (exact) mass is 295 g/mol. The van der Waals surface area contributed by atoms with Crippen LogP contribution in [-0.2, 0) is 4.74 Å². The molecular weight excluding hydrogens is 282 g/mol. The number of pyridine rings is 1. The van der Waals surface area contributed by atoms with Gasteiger partial charge >= 0.3 is 6.09 Å². The number of nitrogens with zero attached hydrogens (tertiary/aromatic N) is 5. The van der Waals surface area contributed by atoms with Crippen LogP contribution in [0.2, 0.25) is 0 Å². The van der Waals surface area contributed by atoms with Gasteiger partial charge in [0.15, 0.2) is 17.2 Å². The summed E-state index contributed by atoms with van der Waals surface area (Å²) in [6, 6.07) is 8.68. The molecule has 7 nitrogen and oxygen atoms in total. The average Bonchev–Trinajstić information content (AvgIpc) is 2.85. The highest BCUT2D eigenvalue weighted by atomic mass is 16.6. The molecule has 0 amide bonds. The van der Waals surface area contributed by atoms with Crippen LogP contribution in [-0.4, -0.2) is 26.2 Å². The molecule has 22 heavy (non-hydrogen) atoms. The second-order valence-corrected chi connectivity index (χ2v) is 5.39. The number of hydrogen-bond donors (Lipinski definition) is 0. The van der Waals surface area contributed by atoms with E-state index in [-0.39, 0.29) is 17.2 Å². The number of imidazole rings is 1. The zero-order valence-electron chi connectivity index (χ0n) is 12.4. The summed E-state index contributed by atoms with van der Waals surface area (Å²) in [7, 11) is 0. The normalized spacial score (nSPS) is 10.6. The predicted molar refractivity (Wildman–Crippen MR) is 76.5 cm³/mol. The maximum atomic E-state index is 12.4. The van der Waals surface area contributed by atoms with Gasteiger partial charge in [-0.15, -0.1) is 0 Å². The third kappa shape index (κ3) is 2.94. The van der Waals surface area contributed by atoms with Crippen molar-refractivity contribution in [1.29, 1.82) is 10.5 Å². The second-order valence-electron chi connectivity index (χ2n) is 5.39. The van der Waals surface area contributed by atoms with Gasteiger partial charge in [-0.3, -0.25) is 4.98 Å². The van der Waals surface area contributed by atoms with Crippen molar-refractivity contribution in [2.45, 2.75) is 26.4 Å². The average molecular weight is 295 g/mol. The van der Waals surface area contributed by atoms with Gasteiger partial charge in [-0.2, -0.15) is 10.5 Å². The van der Waals surface area contributed by atoms with Crippen LogP contribution >= 0.6 is 0 Å². The quantitative estimate of drug-likeness (QED) is 0.800. The standard InChI is InChI=1S/C15H13N5O2/c1-15(2,3)22-14(21)20-12(9-17)11(8-16)19-13(20)10-6-4-5-7-18-10/h4-7H,1-3H3. The van der Waals surface area contributed by atoms with E-state index in [2.05, 4.69) is 9.97 Å². The molecule has 0 atom stereocenters. The van der Waals surface area contributed by atoms with E-state index in [1.807, 2.05) is 6.07 Å². The van der Waals surface area contributed by atoms with E-state index < -0.39 is 11.7 Å². The first kappa shape index (κ1) is 15.2. The van der Waals surface area contributed by atoms with E-state index in [0.29, 0.717) is 5.69 Å². The minimum atomic E-state index is -0.779. The molecule has 0 radical (unpaired) electrons. The van der Waals surface area contributed by atoms with E-state index >= 15 is 0 Å². The molecule has 0 N–H and O–H groups in total. The van der Waals surface area contributed by atoms with E-state index in [0.717, 1.165) is 4.57 Å². The topological polar surface area (TPSA) is 105 Å². The Balaban J connectivity index is 2.65. The van der Waals surface area contributed by atoms with Crippen molar-refractivity contribution < 1.29 is 9.53 Å². The Morgan fingerprint density at radius 3 is 2.50 bits per heavy atom. The summed E-state index contributed by atoms with van der Waals surface area (Å²) in [5, 5.41) is 18.3. The summed E-state index contributed by atoms with van der Waals surface area (Å²) in [6.07, 6.45) is 0.750. The summed E-state index contributed by atoms with van der Waals surface area (Å²) in [6.45, 7) is 5.12. The molecule has 0 unspecified atom stereocenters. The Labute approximate surface area is 127 Å². The van der Waals surface area contributed by atoms with Crippen molar-refractivity contribution in [1.82, 2.24) is 14.5 Å².